The van der Waals surface area contributed by atoms with Gasteiger partial charge in [0.1, 0.15) is 5.82 Å². The van der Waals surface area contributed by atoms with Crippen LogP contribution in [0.15, 0.2) is 24.5 Å². The first-order valence-electron chi connectivity index (χ1n) is 10.8. The standard InChI is InChI=1S/C22H22F4N6O2S/c1-11-5-16-18(35-11)17(31-21(30-16)29-12(2)14-6-15(23)8-27-7-14)19(33)28-4-3-13-9-32(10-13)20(34)22(24,25)26/h5-8,12-13H,3-4,9-10H2,1-2H3,(H,28,33)(H,29,30,31). The zero-order chi connectivity index (χ0) is 25.3. The van der Waals surface area contributed by atoms with Gasteiger partial charge in [0.25, 0.3) is 5.91 Å². The summed E-state index contributed by atoms with van der Waals surface area (Å²) < 4.78 is 51.5. The van der Waals surface area contributed by atoms with Gasteiger partial charge in [0, 0.05) is 30.7 Å². The van der Waals surface area contributed by atoms with Crippen molar-refractivity contribution in [1.82, 2.24) is 25.2 Å². The van der Waals surface area contributed by atoms with Crippen molar-refractivity contribution >= 4 is 39.3 Å². The van der Waals surface area contributed by atoms with Gasteiger partial charge in [-0.3, -0.25) is 14.6 Å². The third-order valence-corrected chi connectivity index (χ3v) is 6.65. The molecule has 1 aliphatic heterocycles. The van der Waals surface area contributed by atoms with E-state index >= 15 is 0 Å². The van der Waals surface area contributed by atoms with Crippen LogP contribution in [0.1, 0.15) is 40.3 Å². The maximum absolute atomic E-state index is 13.5. The van der Waals surface area contributed by atoms with Crippen molar-refractivity contribution in [3.63, 3.8) is 0 Å². The molecule has 3 aromatic heterocycles. The van der Waals surface area contributed by atoms with E-state index in [0.717, 1.165) is 16.0 Å². The molecular formula is C22H22F4N6O2S. The van der Waals surface area contributed by atoms with Gasteiger partial charge in [-0.2, -0.15) is 13.2 Å². The van der Waals surface area contributed by atoms with Crippen molar-refractivity contribution in [2.24, 2.45) is 5.92 Å². The van der Waals surface area contributed by atoms with Gasteiger partial charge in [-0.05, 0) is 43.9 Å². The molecule has 0 saturated carbocycles. The Hall–Kier alpha value is -3.35. The van der Waals surface area contributed by atoms with E-state index < -0.39 is 23.8 Å². The van der Waals surface area contributed by atoms with E-state index in [2.05, 4.69) is 25.6 Å². The Bertz CT molecular complexity index is 1260. The minimum atomic E-state index is -4.87. The molecule has 0 aromatic carbocycles. The quantitative estimate of drug-likeness (QED) is 0.469. The number of likely N-dealkylation sites (tertiary alicyclic amines) is 1. The average Bonchev–Trinajstić information content (AvgIpc) is 3.13. The fourth-order valence-electron chi connectivity index (χ4n) is 3.78. The van der Waals surface area contributed by atoms with Crippen LogP contribution in [0.25, 0.3) is 10.2 Å². The van der Waals surface area contributed by atoms with Gasteiger partial charge in [0.2, 0.25) is 5.95 Å². The van der Waals surface area contributed by atoms with Crippen LogP contribution in [0.2, 0.25) is 0 Å². The fraction of sp³-hybridized carbons (Fsp3) is 0.409. The Labute approximate surface area is 201 Å². The van der Waals surface area contributed by atoms with E-state index in [9.17, 15) is 27.2 Å². The number of pyridine rings is 1. The van der Waals surface area contributed by atoms with Crippen molar-refractivity contribution < 1.29 is 27.2 Å². The van der Waals surface area contributed by atoms with Gasteiger partial charge in [0.15, 0.2) is 5.69 Å². The number of aryl methyl sites for hydroxylation is 1. The molecule has 1 atom stereocenters. The third-order valence-electron chi connectivity index (χ3n) is 5.61. The highest BCUT2D eigenvalue weighted by molar-refractivity contribution is 7.19. The van der Waals surface area contributed by atoms with Crippen LogP contribution in [0.3, 0.4) is 0 Å². The van der Waals surface area contributed by atoms with E-state index in [1.807, 2.05) is 13.0 Å². The van der Waals surface area contributed by atoms with E-state index in [0.29, 0.717) is 22.2 Å². The second-order valence-corrected chi connectivity index (χ2v) is 9.64. The summed E-state index contributed by atoms with van der Waals surface area (Å²) in [6.07, 6.45) is -1.82. The number of hydrogen-bond acceptors (Lipinski definition) is 7. The normalized spacial score (nSPS) is 15.1. The lowest BCUT2D eigenvalue weighted by Crippen LogP contribution is -2.54. The summed E-state index contributed by atoms with van der Waals surface area (Å²) in [6, 6.07) is 2.79. The number of thiophene rings is 1. The lowest BCUT2D eigenvalue weighted by Gasteiger charge is -2.39. The number of fused-ring (bicyclic) bond motifs is 1. The lowest BCUT2D eigenvalue weighted by molar-refractivity contribution is -0.191. The molecule has 1 aliphatic rings. The molecule has 4 heterocycles. The largest absolute Gasteiger partial charge is 0.471 e. The van der Waals surface area contributed by atoms with Gasteiger partial charge in [-0.1, -0.05) is 0 Å². The first kappa shape index (κ1) is 24.8. The highest BCUT2D eigenvalue weighted by Crippen LogP contribution is 2.29. The summed E-state index contributed by atoms with van der Waals surface area (Å²) in [7, 11) is 0. The molecule has 1 fully saturated rings. The molecule has 2 N–H and O–H groups in total. The first-order chi connectivity index (χ1) is 16.5. The Morgan fingerprint density at radius 1 is 1.23 bits per heavy atom. The Balaban J connectivity index is 1.41. The summed E-state index contributed by atoms with van der Waals surface area (Å²) in [6.45, 7) is 3.91. The van der Waals surface area contributed by atoms with Crippen molar-refractivity contribution in [3.8, 4) is 0 Å². The van der Waals surface area contributed by atoms with Crippen molar-refractivity contribution in [3.05, 3.63) is 46.5 Å². The van der Waals surface area contributed by atoms with Crippen LogP contribution in [0, 0.1) is 18.7 Å². The van der Waals surface area contributed by atoms with Gasteiger partial charge in [-0.25, -0.2) is 14.4 Å². The number of hydrogen-bond donors (Lipinski definition) is 2. The van der Waals surface area contributed by atoms with Crippen LogP contribution in [0.4, 0.5) is 23.5 Å². The number of carbonyl (C=O) groups excluding carboxylic acids is 2. The fourth-order valence-corrected chi connectivity index (χ4v) is 4.72. The number of nitrogens with zero attached hydrogens (tertiary/aromatic N) is 4. The van der Waals surface area contributed by atoms with Crippen LogP contribution >= 0.6 is 11.3 Å². The number of aromatic nitrogens is 3. The lowest BCUT2D eigenvalue weighted by atomic mass is 9.96. The maximum Gasteiger partial charge on any atom is 0.471 e. The smallest absolute Gasteiger partial charge is 0.351 e. The first-order valence-corrected chi connectivity index (χ1v) is 11.6. The number of rotatable bonds is 7. The summed E-state index contributed by atoms with van der Waals surface area (Å²) in [5, 5.41) is 5.83. The predicted molar refractivity (Wildman–Crippen MR) is 121 cm³/mol. The second kappa shape index (κ2) is 9.72. The summed E-state index contributed by atoms with van der Waals surface area (Å²) in [5.74, 6) is -2.67. The number of halogens is 4. The van der Waals surface area contributed by atoms with Gasteiger partial charge < -0.3 is 15.5 Å². The molecule has 2 amide bonds. The zero-order valence-electron chi connectivity index (χ0n) is 18.8. The summed E-state index contributed by atoms with van der Waals surface area (Å²) in [4.78, 5) is 38.5. The Morgan fingerprint density at radius 2 is 1.97 bits per heavy atom. The predicted octanol–water partition coefficient (Wildman–Crippen LogP) is 3.85. The number of anilines is 1. The Kier molecular flexibility index (Phi) is 6.88. The SMILES string of the molecule is Cc1cc2nc(NC(C)c3cncc(F)c3)nc(C(=O)NCCC3CN(C(=O)C(F)(F)F)C3)c2s1. The average molecular weight is 511 g/mol. The number of carbonyl (C=O) groups is 2. The van der Waals surface area contributed by atoms with Crippen molar-refractivity contribution in [1.29, 1.82) is 0 Å². The summed E-state index contributed by atoms with van der Waals surface area (Å²) in [5.41, 5.74) is 1.34. The molecule has 35 heavy (non-hydrogen) atoms. The van der Waals surface area contributed by atoms with Crippen LogP contribution in [0.5, 0.6) is 0 Å². The van der Waals surface area contributed by atoms with Gasteiger partial charge in [0.05, 0.1) is 22.5 Å². The van der Waals surface area contributed by atoms with Crippen molar-refractivity contribution in [2.45, 2.75) is 32.5 Å². The minimum Gasteiger partial charge on any atom is -0.351 e. The number of alkyl halides is 3. The highest BCUT2D eigenvalue weighted by atomic mass is 32.1. The minimum absolute atomic E-state index is 0.0109. The van der Waals surface area contributed by atoms with Crippen molar-refractivity contribution in [2.75, 3.05) is 25.0 Å². The molecule has 0 spiro atoms. The van der Waals surface area contributed by atoms with Gasteiger partial charge in [-0.15, -0.1) is 11.3 Å². The van der Waals surface area contributed by atoms with E-state index in [1.54, 1.807) is 6.92 Å². The Morgan fingerprint density at radius 3 is 2.66 bits per heavy atom. The number of nitrogens with one attached hydrogen (secondary N) is 2. The summed E-state index contributed by atoms with van der Waals surface area (Å²) >= 11 is 1.37. The molecule has 1 unspecified atom stereocenters. The van der Waals surface area contributed by atoms with E-state index in [-0.39, 0.29) is 43.2 Å². The third kappa shape index (κ3) is 5.66. The monoisotopic (exact) mass is 510 g/mol. The second-order valence-electron chi connectivity index (χ2n) is 8.39. The molecule has 0 aliphatic carbocycles. The van der Waals surface area contributed by atoms with Crippen LogP contribution in [-0.2, 0) is 4.79 Å². The molecule has 0 bridgehead atoms. The molecule has 4 rings (SSSR count). The molecule has 8 nitrogen and oxygen atoms in total. The van der Waals surface area contributed by atoms with Crippen LogP contribution < -0.4 is 10.6 Å². The van der Waals surface area contributed by atoms with E-state index in [1.165, 1.54) is 23.6 Å². The number of amides is 2. The molecular weight excluding hydrogens is 488 g/mol. The highest BCUT2D eigenvalue weighted by Gasteiger charge is 2.46. The molecule has 13 heteroatoms. The molecule has 186 valence electrons. The van der Waals surface area contributed by atoms with Crippen LogP contribution in [-0.4, -0.2) is 57.5 Å². The molecule has 1 saturated heterocycles. The zero-order valence-corrected chi connectivity index (χ0v) is 19.6. The molecule has 3 aromatic rings. The van der Waals surface area contributed by atoms with E-state index in [4.69, 9.17) is 0 Å². The van der Waals surface area contributed by atoms with Gasteiger partial charge >= 0.3 is 12.1 Å². The maximum atomic E-state index is 13.5. The topological polar surface area (TPSA) is 100 Å². The molecule has 0 radical (unpaired) electrons.